The first kappa shape index (κ1) is 14.5. The van der Waals surface area contributed by atoms with Crippen LogP contribution in [0.2, 0.25) is 0 Å². The standard InChI is InChI=1S/C13H26N2O2/c1-10(2)11-8-14-13(3,4)9-15(11)12(16)6-7-17-5/h10-11,14H,6-9H2,1-5H3. The first-order valence-electron chi connectivity index (χ1n) is 6.41. The molecule has 0 radical (unpaired) electrons. The average Bonchev–Trinajstić information content (AvgIpc) is 2.24. The molecule has 0 saturated carbocycles. The summed E-state index contributed by atoms with van der Waals surface area (Å²) in [5.74, 6) is 0.685. The fourth-order valence-corrected chi connectivity index (χ4v) is 2.29. The normalized spacial score (nSPS) is 24.1. The Bertz CT molecular complexity index is 264. The van der Waals surface area contributed by atoms with Gasteiger partial charge in [0.2, 0.25) is 5.91 Å². The minimum atomic E-state index is 0.00806. The molecule has 1 aliphatic rings. The summed E-state index contributed by atoms with van der Waals surface area (Å²) in [5, 5.41) is 3.51. The van der Waals surface area contributed by atoms with Crippen LogP contribution in [0, 0.1) is 5.92 Å². The summed E-state index contributed by atoms with van der Waals surface area (Å²) in [6, 6.07) is 0.299. The van der Waals surface area contributed by atoms with Crippen molar-refractivity contribution < 1.29 is 9.53 Å². The van der Waals surface area contributed by atoms with Gasteiger partial charge in [0.05, 0.1) is 13.0 Å². The van der Waals surface area contributed by atoms with Gasteiger partial charge in [-0.25, -0.2) is 0 Å². The molecule has 1 amide bonds. The molecule has 0 spiro atoms. The van der Waals surface area contributed by atoms with Gasteiger partial charge in [-0.1, -0.05) is 13.8 Å². The van der Waals surface area contributed by atoms with Crippen LogP contribution in [0.15, 0.2) is 0 Å². The second-order valence-electron chi connectivity index (χ2n) is 5.84. The van der Waals surface area contributed by atoms with Crippen molar-refractivity contribution >= 4 is 5.91 Å². The number of ether oxygens (including phenoxy) is 1. The number of hydrogen-bond acceptors (Lipinski definition) is 3. The summed E-state index contributed by atoms with van der Waals surface area (Å²) >= 11 is 0. The number of nitrogens with one attached hydrogen (secondary N) is 1. The van der Waals surface area contributed by atoms with E-state index in [0.29, 0.717) is 25.0 Å². The molecule has 4 heteroatoms. The fraction of sp³-hybridized carbons (Fsp3) is 0.923. The predicted molar refractivity (Wildman–Crippen MR) is 68.9 cm³/mol. The molecule has 1 unspecified atom stereocenters. The van der Waals surface area contributed by atoms with Crippen molar-refractivity contribution in [2.75, 3.05) is 26.8 Å². The summed E-state index contributed by atoms with van der Waals surface area (Å²) in [6.45, 7) is 10.8. The molecule has 0 aliphatic carbocycles. The van der Waals surface area contributed by atoms with Gasteiger partial charge < -0.3 is 15.0 Å². The largest absolute Gasteiger partial charge is 0.384 e. The summed E-state index contributed by atoms with van der Waals surface area (Å²) in [4.78, 5) is 14.2. The van der Waals surface area contributed by atoms with E-state index in [4.69, 9.17) is 4.74 Å². The lowest BCUT2D eigenvalue weighted by atomic mass is 9.93. The molecule has 0 aromatic carbocycles. The molecule has 1 saturated heterocycles. The molecule has 1 rings (SSSR count). The van der Waals surface area contributed by atoms with E-state index < -0.39 is 0 Å². The van der Waals surface area contributed by atoms with Crippen LogP contribution < -0.4 is 5.32 Å². The number of rotatable bonds is 4. The Labute approximate surface area is 105 Å². The third-order valence-corrected chi connectivity index (χ3v) is 3.37. The summed E-state index contributed by atoms with van der Waals surface area (Å²) in [5.41, 5.74) is 0.00806. The average molecular weight is 242 g/mol. The molecule has 1 atom stereocenters. The van der Waals surface area contributed by atoms with E-state index in [1.165, 1.54) is 0 Å². The number of methoxy groups -OCH3 is 1. The van der Waals surface area contributed by atoms with Crippen molar-refractivity contribution in [1.29, 1.82) is 0 Å². The number of nitrogens with zero attached hydrogens (tertiary/aromatic N) is 1. The van der Waals surface area contributed by atoms with Crippen molar-refractivity contribution in [2.24, 2.45) is 5.92 Å². The first-order valence-corrected chi connectivity index (χ1v) is 6.41. The molecule has 1 fully saturated rings. The first-order chi connectivity index (χ1) is 7.87. The number of amides is 1. The van der Waals surface area contributed by atoms with Crippen LogP contribution in [0.25, 0.3) is 0 Å². The molecule has 4 nitrogen and oxygen atoms in total. The molecule has 1 aliphatic heterocycles. The minimum Gasteiger partial charge on any atom is -0.384 e. The summed E-state index contributed by atoms with van der Waals surface area (Å²) < 4.78 is 4.99. The number of piperazine rings is 1. The van der Waals surface area contributed by atoms with Gasteiger partial charge in [0.25, 0.3) is 0 Å². The number of carbonyl (C=O) groups excluding carboxylic acids is 1. The predicted octanol–water partition coefficient (Wildman–Crippen LogP) is 1.26. The van der Waals surface area contributed by atoms with E-state index in [1.807, 2.05) is 4.90 Å². The van der Waals surface area contributed by atoms with E-state index in [0.717, 1.165) is 13.1 Å². The highest BCUT2D eigenvalue weighted by Crippen LogP contribution is 2.21. The van der Waals surface area contributed by atoms with Gasteiger partial charge in [-0.3, -0.25) is 4.79 Å². The topological polar surface area (TPSA) is 41.6 Å². The van der Waals surface area contributed by atoms with Gasteiger partial charge in [-0.15, -0.1) is 0 Å². The fourth-order valence-electron chi connectivity index (χ4n) is 2.29. The molecule has 1 N–H and O–H groups in total. The van der Waals surface area contributed by atoms with Crippen molar-refractivity contribution in [2.45, 2.75) is 45.7 Å². The molecule has 0 aromatic rings. The van der Waals surface area contributed by atoms with Gasteiger partial charge in [-0.05, 0) is 19.8 Å². The van der Waals surface area contributed by atoms with Gasteiger partial charge in [0.1, 0.15) is 0 Å². The van der Waals surface area contributed by atoms with Crippen LogP contribution in [0.4, 0.5) is 0 Å². The molecule has 17 heavy (non-hydrogen) atoms. The molecule has 1 heterocycles. The highest BCUT2D eigenvalue weighted by Gasteiger charge is 2.36. The molecular formula is C13H26N2O2. The van der Waals surface area contributed by atoms with E-state index in [-0.39, 0.29) is 11.4 Å². The zero-order chi connectivity index (χ0) is 13.1. The van der Waals surface area contributed by atoms with Gasteiger partial charge in [-0.2, -0.15) is 0 Å². The lowest BCUT2D eigenvalue weighted by Gasteiger charge is -2.46. The van der Waals surface area contributed by atoms with Crippen molar-refractivity contribution in [3.8, 4) is 0 Å². The van der Waals surface area contributed by atoms with Crippen molar-refractivity contribution in [3.63, 3.8) is 0 Å². The second-order valence-corrected chi connectivity index (χ2v) is 5.84. The summed E-state index contributed by atoms with van der Waals surface area (Å²) in [6.07, 6.45) is 0.482. The third kappa shape index (κ3) is 3.96. The van der Waals surface area contributed by atoms with Gasteiger partial charge in [0, 0.05) is 31.8 Å². The van der Waals surface area contributed by atoms with Crippen LogP contribution in [-0.2, 0) is 9.53 Å². The van der Waals surface area contributed by atoms with E-state index in [1.54, 1.807) is 7.11 Å². The maximum absolute atomic E-state index is 12.2. The van der Waals surface area contributed by atoms with Crippen LogP contribution in [0.5, 0.6) is 0 Å². The van der Waals surface area contributed by atoms with Crippen LogP contribution in [-0.4, -0.2) is 49.2 Å². The Hall–Kier alpha value is -0.610. The highest BCUT2D eigenvalue weighted by molar-refractivity contribution is 5.77. The molecule has 0 bridgehead atoms. The van der Waals surface area contributed by atoms with Gasteiger partial charge in [0.15, 0.2) is 0 Å². The Morgan fingerprint density at radius 1 is 1.53 bits per heavy atom. The maximum Gasteiger partial charge on any atom is 0.225 e. The number of hydrogen-bond donors (Lipinski definition) is 1. The smallest absolute Gasteiger partial charge is 0.225 e. The Morgan fingerprint density at radius 2 is 2.18 bits per heavy atom. The summed E-state index contributed by atoms with van der Waals surface area (Å²) in [7, 11) is 1.63. The molecular weight excluding hydrogens is 216 g/mol. The van der Waals surface area contributed by atoms with Crippen LogP contribution >= 0.6 is 0 Å². The monoisotopic (exact) mass is 242 g/mol. The third-order valence-electron chi connectivity index (χ3n) is 3.37. The lowest BCUT2D eigenvalue weighted by Crippen LogP contribution is -2.64. The Kier molecular flexibility index (Phi) is 4.95. The maximum atomic E-state index is 12.2. The lowest BCUT2D eigenvalue weighted by molar-refractivity contribution is -0.138. The Balaban J connectivity index is 2.70. The van der Waals surface area contributed by atoms with Crippen molar-refractivity contribution in [1.82, 2.24) is 10.2 Å². The van der Waals surface area contributed by atoms with Gasteiger partial charge >= 0.3 is 0 Å². The molecule has 100 valence electrons. The SMILES string of the molecule is COCCC(=O)N1CC(C)(C)NCC1C(C)C. The molecule has 0 aromatic heterocycles. The van der Waals surface area contributed by atoms with Crippen molar-refractivity contribution in [3.05, 3.63) is 0 Å². The zero-order valence-corrected chi connectivity index (χ0v) is 11.7. The van der Waals surface area contributed by atoms with E-state index in [9.17, 15) is 4.79 Å². The number of carbonyl (C=O) groups is 1. The zero-order valence-electron chi connectivity index (χ0n) is 11.7. The van der Waals surface area contributed by atoms with Crippen LogP contribution in [0.1, 0.15) is 34.1 Å². The second kappa shape index (κ2) is 5.83. The van der Waals surface area contributed by atoms with E-state index >= 15 is 0 Å². The van der Waals surface area contributed by atoms with Crippen LogP contribution in [0.3, 0.4) is 0 Å². The quantitative estimate of drug-likeness (QED) is 0.807. The van der Waals surface area contributed by atoms with E-state index in [2.05, 4.69) is 33.0 Å². The highest BCUT2D eigenvalue weighted by atomic mass is 16.5. The minimum absolute atomic E-state index is 0.00806. The Morgan fingerprint density at radius 3 is 2.71 bits per heavy atom.